The van der Waals surface area contributed by atoms with Gasteiger partial charge in [-0.15, -0.1) is 24.0 Å². The lowest BCUT2D eigenvalue weighted by Gasteiger charge is -2.28. The van der Waals surface area contributed by atoms with Gasteiger partial charge in [-0.05, 0) is 52.0 Å². The quantitative estimate of drug-likeness (QED) is 0.196. The van der Waals surface area contributed by atoms with Gasteiger partial charge in [0.15, 0.2) is 5.96 Å². The summed E-state index contributed by atoms with van der Waals surface area (Å²) in [5, 5.41) is 6.36. The van der Waals surface area contributed by atoms with Gasteiger partial charge in [-0.2, -0.15) is 0 Å². The fraction of sp³-hybridized carbons (Fsp3) is 0.696. The van der Waals surface area contributed by atoms with E-state index in [0.29, 0.717) is 6.54 Å². The molecule has 1 unspecified atom stereocenters. The van der Waals surface area contributed by atoms with Gasteiger partial charge in [0.05, 0.1) is 0 Å². The summed E-state index contributed by atoms with van der Waals surface area (Å²) in [6.07, 6.45) is 4.06. The average molecular weight is 564 g/mol. The second-order valence-corrected chi connectivity index (χ2v) is 9.12. The molecule has 184 valence electrons. The number of guanidine groups is 1. The Kier molecular flexibility index (Phi) is 14.3. The number of pyridine rings is 1. The van der Waals surface area contributed by atoms with E-state index in [0.717, 1.165) is 38.3 Å². The van der Waals surface area contributed by atoms with Gasteiger partial charge in [-0.1, -0.05) is 19.9 Å². The Labute approximate surface area is 210 Å². The Bertz CT molecular complexity index is 758. The van der Waals surface area contributed by atoms with Gasteiger partial charge in [0.25, 0.3) is 0 Å². The minimum atomic E-state index is -0.511. The number of rotatable bonds is 10. The van der Waals surface area contributed by atoms with Crippen molar-refractivity contribution in [2.24, 2.45) is 10.9 Å². The first-order valence-electron chi connectivity index (χ1n) is 11.1. The molecule has 1 aromatic rings. The molecule has 1 atom stereocenters. The average Bonchev–Trinajstić information content (AvgIpc) is 2.67. The number of aliphatic imine (C=N–C) groups is 1. The van der Waals surface area contributed by atoms with Gasteiger partial charge < -0.3 is 24.8 Å². The van der Waals surface area contributed by atoms with Crippen LogP contribution in [0.2, 0.25) is 0 Å². The molecule has 0 radical (unpaired) electrons. The van der Waals surface area contributed by atoms with Crippen molar-refractivity contribution in [1.82, 2.24) is 20.1 Å². The van der Waals surface area contributed by atoms with Crippen molar-refractivity contribution in [3.05, 3.63) is 34.7 Å². The van der Waals surface area contributed by atoms with E-state index in [1.807, 2.05) is 40.1 Å². The van der Waals surface area contributed by atoms with E-state index in [2.05, 4.69) is 34.4 Å². The van der Waals surface area contributed by atoms with Crippen LogP contribution in [0.5, 0.6) is 0 Å². The van der Waals surface area contributed by atoms with Crippen molar-refractivity contribution in [2.75, 3.05) is 27.2 Å². The van der Waals surface area contributed by atoms with Crippen LogP contribution in [0, 0.1) is 5.92 Å². The summed E-state index contributed by atoms with van der Waals surface area (Å²) < 4.78 is 7.12. The summed E-state index contributed by atoms with van der Waals surface area (Å²) in [4.78, 5) is 30.3. The largest absolute Gasteiger partial charge is 0.444 e. The monoisotopic (exact) mass is 563 g/mol. The summed E-state index contributed by atoms with van der Waals surface area (Å²) in [5.41, 5.74) is -0.478. The first kappa shape index (κ1) is 30.2. The van der Waals surface area contributed by atoms with Crippen molar-refractivity contribution < 1.29 is 9.53 Å². The number of unbranched alkanes of at least 4 members (excludes halogenated alkanes) is 1. The molecule has 8 nitrogen and oxygen atoms in total. The molecule has 0 aliphatic heterocycles. The maximum Gasteiger partial charge on any atom is 0.407 e. The highest BCUT2D eigenvalue weighted by molar-refractivity contribution is 14.0. The fourth-order valence-electron chi connectivity index (χ4n) is 3.11. The second kappa shape index (κ2) is 15.1. The van der Waals surface area contributed by atoms with Gasteiger partial charge in [-0.3, -0.25) is 9.79 Å². The lowest BCUT2D eigenvalue weighted by atomic mass is 10.0. The maximum absolute atomic E-state index is 12.1. The zero-order valence-corrected chi connectivity index (χ0v) is 23.0. The zero-order chi connectivity index (χ0) is 23.4. The van der Waals surface area contributed by atoms with E-state index in [1.54, 1.807) is 23.7 Å². The molecular weight excluding hydrogens is 521 g/mol. The number of carbonyl (C=O) groups is 1. The molecule has 1 aromatic heterocycles. The predicted molar refractivity (Wildman–Crippen MR) is 142 cm³/mol. The highest BCUT2D eigenvalue weighted by Crippen LogP contribution is 2.11. The lowest BCUT2D eigenvalue weighted by molar-refractivity contribution is 0.0486. The third-order valence-electron chi connectivity index (χ3n) is 4.86. The fourth-order valence-corrected chi connectivity index (χ4v) is 3.11. The number of nitrogens with one attached hydrogen (secondary N) is 2. The lowest BCUT2D eigenvalue weighted by Crippen LogP contribution is -2.45. The number of aromatic nitrogens is 1. The molecule has 1 rings (SSSR count). The molecule has 0 aromatic carbocycles. The Hall–Kier alpha value is -1.78. The number of nitrogens with zero attached hydrogens (tertiary/aromatic N) is 3. The molecule has 0 aliphatic rings. The van der Waals surface area contributed by atoms with Crippen LogP contribution < -0.4 is 16.2 Å². The SMILES string of the molecule is CN=C(NCCCCn1ccccc1=O)N(C)CCC(NC(=O)OC(C)(C)C)C(C)C.I. The van der Waals surface area contributed by atoms with Crippen LogP contribution in [0.25, 0.3) is 0 Å². The highest BCUT2D eigenvalue weighted by Gasteiger charge is 2.22. The molecule has 0 saturated heterocycles. The summed E-state index contributed by atoms with van der Waals surface area (Å²) >= 11 is 0. The predicted octanol–water partition coefficient (Wildman–Crippen LogP) is 3.69. The standard InChI is InChI=1S/C23H41N5O3.HI/c1-18(2)19(26-22(30)31-23(3,4)5)13-17-27(7)21(24-6)25-14-9-11-16-28-15-10-8-12-20(28)29;/h8,10,12,15,18-19H,9,11,13-14,16-17H2,1-7H3,(H,24,25)(H,26,30);1H. The number of ether oxygens (including phenoxy) is 1. The summed E-state index contributed by atoms with van der Waals surface area (Å²) in [6.45, 7) is 12.0. The summed E-state index contributed by atoms with van der Waals surface area (Å²) in [6, 6.07) is 5.22. The minimum absolute atomic E-state index is 0. The van der Waals surface area contributed by atoms with Gasteiger partial charge in [0.2, 0.25) is 5.56 Å². The van der Waals surface area contributed by atoms with Crippen LogP contribution in [-0.2, 0) is 11.3 Å². The van der Waals surface area contributed by atoms with Crippen molar-refractivity contribution in [3.63, 3.8) is 0 Å². The molecule has 32 heavy (non-hydrogen) atoms. The van der Waals surface area contributed by atoms with Gasteiger partial charge in [-0.25, -0.2) is 4.79 Å². The number of aryl methyl sites for hydroxylation is 1. The molecule has 0 fully saturated rings. The van der Waals surface area contributed by atoms with Crippen LogP contribution in [0.3, 0.4) is 0 Å². The molecular formula is C23H42IN5O3. The van der Waals surface area contributed by atoms with E-state index in [1.165, 1.54) is 0 Å². The van der Waals surface area contributed by atoms with Gasteiger partial charge >= 0.3 is 6.09 Å². The molecule has 0 saturated carbocycles. The first-order valence-corrected chi connectivity index (χ1v) is 11.1. The molecule has 1 heterocycles. The van der Waals surface area contributed by atoms with E-state index < -0.39 is 5.60 Å². The number of hydrogen-bond acceptors (Lipinski definition) is 4. The van der Waals surface area contributed by atoms with Gasteiger partial charge in [0.1, 0.15) is 5.60 Å². The third-order valence-corrected chi connectivity index (χ3v) is 4.86. The van der Waals surface area contributed by atoms with Crippen LogP contribution in [0.4, 0.5) is 4.79 Å². The number of alkyl carbamates (subject to hydrolysis) is 1. The Morgan fingerprint density at radius 3 is 2.50 bits per heavy atom. The smallest absolute Gasteiger partial charge is 0.407 e. The molecule has 0 spiro atoms. The van der Waals surface area contributed by atoms with Crippen molar-refractivity contribution in [2.45, 2.75) is 72.1 Å². The van der Waals surface area contributed by atoms with E-state index in [9.17, 15) is 9.59 Å². The third kappa shape index (κ3) is 12.3. The topological polar surface area (TPSA) is 88.0 Å². The van der Waals surface area contributed by atoms with Crippen LogP contribution >= 0.6 is 24.0 Å². The Morgan fingerprint density at radius 1 is 1.25 bits per heavy atom. The molecule has 0 bridgehead atoms. The number of halogens is 1. The summed E-state index contributed by atoms with van der Waals surface area (Å²) in [5.74, 6) is 1.11. The van der Waals surface area contributed by atoms with Gasteiger partial charge in [0, 0.05) is 52.0 Å². The number of carbonyl (C=O) groups excluding carboxylic acids is 1. The highest BCUT2D eigenvalue weighted by atomic mass is 127. The van der Waals surface area contributed by atoms with Crippen molar-refractivity contribution >= 4 is 36.0 Å². The van der Waals surface area contributed by atoms with E-state index in [4.69, 9.17) is 4.74 Å². The second-order valence-electron chi connectivity index (χ2n) is 9.12. The van der Waals surface area contributed by atoms with E-state index in [-0.39, 0.29) is 47.6 Å². The van der Waals surface area contributed by atoms with Crippen LogP contribution in [0.15, 0.2) is 34.2 Å². The molecule has 9 heteroatoms. The van der Waals surface area contributed by atoms with E-state index >= 15 is 0 Å². The zero-order valence-electron chi connectivity index (χ0n) is 20.7. The molecule has 1 amide bonds. The Morgan fingerprint density at radius 2 is 1.94 bits per heavy atom. The number of hydrogen-bond donors (Lipinski definition) is 2. The molecule has 2 N–H and O–H groups in total. The van der Waals surface area contributed by atoms with Crippen molar-refractivity contribution in [3.8, 4) is 0 Å². The summed E-state index contributed by atoms with van der Waals surface area (Å²) in [7, 11) is 3.75. The van der Waals surface area contributed by atoms with Crippen molar-refractivity contribution in [1.29, 1.82) is 0 Å². The number of amides is 1. The minimum Gasteiger partial charge on any atom is -0.444 e. The van der Waals surface area contributed by atoms with Crippen LogP contribution in [0.1, 0.15) is 53.9 Å². The Balaban J connectivity index is 0.00000961. The van der Waals surface area contributed by atoms with Crippen LogP contribution in [-0.4, -0.2) is 60.3 Å². The molecule has 0 aliphatic carbocycles. The maximum atomic E-state index is 12.1. The normalized spacial score (nSPS) is 12.7. The first-order chi connectivity index (χ1) is 14.5.